The molecular weight excluding hydrogens is 298 g/mol. The molecule has 0 radical (unpaired) electrons. The molecule has 0 saturated heterocycles. The molecule has 20 heavy (non-hydrogen) atoms. The fourth-order valence-corrected chi connectivity index (χ4v) is 3.13. The van der Waals surface area contributed by atoms with Crippen molar-refractivity contribution in [3.05, 3.63) is 30.3 Å². The first-order valence-corrected chi connectivity index (χ1v) is 8.55. The maximum Gasteiger partial charge on any atom is 0.354 e. The Kier molecular flexibility index (Phi) is 4.69. The zero-order chi connectivity index (χ0) is 14.6. The summed E-state index contributed by atoms with van der Waals surface area (Å²) in [6, 6.07) is 9.72. The van der Waals surface area contributed by atoms with Crippen molar-refractivity contribution in [1.82, 2.24) is 5.10 Å². The second kappa shape index (κ2) is 6.29. The quantitative estimate of drug-likeness (QED) is 0.476. The maximum absolute atomic E-state index is 10.6. The van der Waals surface area contributed by atoms with E-state index < -0.39 is 10.1 Å². The lowest BCUT2D eigenvalue weighted by Crippen LogP contribution is -2.38. The first-order chi connectivity index (χ1) is 9.46. The molecule has 0 aliphatic heterocycles. The molecule has 0 amide bonds. The van der Waals surface area contributed by atoms with Crippen LogP contribution in [0.4, 0.5) is 5.13 Å². The first-order valence-electron chi connectivity index (χ1n) is 6.13. The maximum atomic E-state index is 10.6. The van der Waals surface area contributed by atoms with Crippen LogP contribution in [0, 0.1) is 0 Å². The Morgan fingerprint density at radius 1 is 1.25 bits per heavy atom. The van der Waals surface area contributed by atoms with Gasteiger partial charge in [-0.15, -0.1) is 4.68 Å². The van der Waals surface area contributed by atoms with Crippen LogP contribution in [0.5, 0.6) is 0 Å². The SMILES string of the molecule is Nc1sc(-c2ccccc2)n[n+]1CCCCS(=O)(=O)O. The minimum Gasteiger partial charge on any atom is -0.286 e. The van der Waals surface area contributed by atoms with Gasteiger partial charge in [-0.1, -0.05) is 35.4 Å². The highest BCUT2D eigenvalue weighted by atomic mass is 32.2. The Labute approximate surface area is 121 Å². The van der Waals surface area contributed by atoms with Crippen molar-refractivity contribution < 1.29 is 17.7 Å². The van der Waals surface area contributed by atoms with Gasteiger partial charge in [-0.3, -0.25) is 10.3 Å². The van der Waals surface area contributed by atoms with Crippen LogP contribution >= 0.6 is 11.3 Å². The van der Waals surface area contributed by atoms with Gasteiger partial charge in [0.2, 0.25) is 0 Å². The topological polar surface area (TPSA) is 97.2 Å². The van der Waals surface area contributed by atoms with Gasteiger partial charge in [0.05, 0.1) is 5.75 Å². The van der Waals surface area contributed by atoms with E-state index in [0.29, 0.717) is 24.5 Å². The summed E-state index contributed by atoms with van der Waals surface area (Å²) in [6.07, 6.45) is 0.968. The first kappa shape index (κ1) is 14.9. The van der Waals surface area contributed by atoms with Gasteiger partial charge in [-0.05, 0) is 24.2 Å². The lowest BCUT2D eigenvalue weighted by Gasteiger charge is -1.96. The monoisotopic (exact) mass is 314 g/mol. The van der Waals surface area contributed by atoms with E-state index in [4.69, 9.17) is 10.3 Å². The van der Waals surface area contributed by atoms with Crippen molar-refractivity contribution in [2.45, 2.75) is 19.4 Å². The number of nitrogen functional groups attached to an aromatic ring is 1. The number of hydrogen-bond donors (Lipinski definition) is 2. The Balaban J connectivity index is 1.98. The summed E-state index contributed by atoms with van der Waals surface area (Å²) in [5.74, 6) is -0.233. The van der Waals surface area contributed by atoms with E-state index in [1.165, 1.54) is 11.3 Å². The lowest BCUT2D eigenvalue weighted by atomic mass is 10.2. The number of aromatic nitrogens is 2. The average Bonchev–Trinajstić information content (AvgIpc) is 2.76. The van der Waals surface area contributed by atoms with Crippen LogP contribution in [0.1, 0.15) is 12.8 Å². The van der Waals surface area contributed by atoms with Crippen LogP contribution in [0.15, 0.2) is 30.3 Å². The molecule has 108 valence electrons. The van der Waals surface area contributed by atoms with Gasteiger partial charge in [-0.2, -0.15) is 8.42 Å². The van der Waals surface area contributed by atoms with Crippen molar-refractivity contribution in [3.8, 4) is 10.6 Å². The Hall–Kier alpha value is -1.51. The summed E-state index contributed by atoms with van der Waals surface area (Å²) >= 11 is 1.39. The van der Waals surface area contributed by atoms with Crippen molar-refractivity contribution in [1.29, 1.82) is 0 Å². The summed E-state index contributed by atoms with van der Waals surface area (Å²) in [6.45, 7) is 0.532. The molecule has 0 atom stereocenters. The van der Waals surface area contributed by atoms with E-state index in [2.05, 4.69) is 5.10 Å². The highest BCUT2D eigenvalue weighted by Gasteiger charge is 2.15. The molecule has 2 aromatic rings. The predicted molar refractivity (Wildman–Crippen MR) is 77.8 cm³/mol. The van der Waals surface area contributed by atoms with E-state index >= 15 is 0 Å². The summed E-state index contributed by atoms with van der Waals surface area (Å²) in [7, 11) is -3.88. The van der Waals surface area contributed by atoms with Crippen LogP contribution in [-0.4, -0.2) is 23.8 Å². The standard InChI is InChI=1S/C12H15N3O3S2/c13-12-15(8-4-5-9-20(16,17)18)14-11(19-12)10-6-2-1-3-7-10/h1-3,6-7,13H,4-5,8-9H2,(H,16,17,18)/p+1. The Bertz CT molecular complexity index is 669. The van der Waals surface area contributed by atoms with Crippen molar-refractivity contribution in [3.63, 3.8) is 0 Å². The van der Waals surface area contributed by atoms with Gasteiger partial charge in [-0.25, -0.2) is 0 Å². The highest BCUT2D eigenvalue weighted by molar-refractivity contribution is 7.85. The van der Waals surface area contributed by atoms with Gasteiger partial charge in [0.25, 0.3) is 10.1 Å². The molecular formula is C12H16N3O3S2+. The van der Waals surface area contributed by atoms with Crippen LogP contribution in [-0.2, 0) is 16.7 Å². The Morgan fingerprint density at radius 2 is 1.95 bits per heavy atom. The van der Waals surface area contributed by atoms with E-state index in [0.717, 1.165) is 10.6 Å². The van der Waals surface area contributed by atoms with Crippen LogP contribution < -0.4 is 10.4 Å². The molecule has 0 aliphatic carbocycles. The second-order valence-corrected chi connectivity index (χ2v) is 6.91. The number of nitrogens with zero attached hydrogens (tertiary/aromatic N) is 2. The van der Waals surface area contributed by atoms with Crippen molar-refractivity contribution in [2.24, 2.45) is 0 Å². The van der Waals surface area contributed by atoms with E-state index in [1.807, 2.05) is 30.3 Å². The molecule has 2 rings (SSSR count). The molecule has 0 fully saturated rings. The number of aryl methyl sites for hydroxylation is 1. The van der Waals surface area contributed by atoms with Gasteiger partial charge < -0.3 is 0 Å². The van der Waals surface area contributed by atoms with Gasteiger partial charge >= 0.3 is 5.13 Å². The van der Waals surface area contributed by atoms with Gasteiger partial charge in [0.1, 0.15) is 6.54 Å². The summed E-state index contributed by atoms with van der Waals surface area (Å²) in [5.41, 5.74) is 6.90. The molecule has 1 aromatic carbocycles. The number of anilines is 1. The van der Waals surface area contributed by atoms with E-state index in [1.54, 1.807) is 4.68 Å². The molecule has 0 unspecified atom stereocenters. The smallest absolute Gasteiger partial charge is 0.286 e. The fraction of sp³-hybridized carbons (Fsp3) is 0.333. The molecule has 1 heterocycles. The normalized spacial score (nSPS) is 11.7. The molecule has 1 aromatic heterocycles. The number of nitrogens with two attached hydrogens (primary N) is 1. The molecule has 0 aliphatic rings. The number of rotatable bonds is 6. The average molecular weight is 314 g/mol. The third kappa shape index (κ3) is 4.26. The van der Waals surface area contributed by atoms with Crippen LogP contribution in [0.3, 0.4) is 0 Å². The summed E-state index contributed by atoms with van der Waals surface area (Å²) in [4.78, 5) is 0. The zero-order valence-corrected chi connectivity index (χ0v) is 12.4. The molecule has 0 bridgehead atoms. The molecule has 8 heteroatoms. The van der Waals surface area contributed by atoms with E-state index in [-0.39, 0.29) is 5.75 Å². The fourth-order valence-electron chi connectivity index (χ4n) is 1.73. The predicted octanol–water partition coefficient (Wildman–Crippen LogP) is 1.35. The minimum absolute atomic E-state index is 0.233. The minimum atomic E-state index is -3.88. The summed E-state index contributed by atoms with van der Waals surface area (Å²) < 4.78 is 31.5. The van der Waals surface area contributed by atoms with Crippen LogP contribution in [0.2, 0.25) is 0 Å². The Morgan fingerprint density at radius 3 is 2.60 bits per heavy atom. The number of benzene rings is 1. The van der Waals surface area contributed by atoms with Crippen LogP contribution in [0.25, 0.3) is 10.6 Å². The molecule has 3 N–H and O–H groups in total. The molecule has 0 saturated carbocycles. The van der Waals surface area contributed by atoms with Gasteiger partial charge in [0.15, 0.2) is 5.01 Å². The van der Waals surface area contributed by atoms with E-state index in [9.17, 15) is 8.42 Å². The third-order valence-electron chi connectivity index (χ3n) is 2.71. The molecule has 6 nitrogen and oxygen atoms in total. The van der Waals surface area contributed by atoms with Gasteiger partial charge in [0, 0.05) is 5.56 Å². The molecule has 0 spiro atoms. The lowest BCUT2D eigenvalue weighted by molar-refractivity contribution is -0.735. The zero-order valence-electron chi connectivity index (χ0n) is 10.8. The van der Waals surface area contributed by atoms with Crippen molar-refractivity contribution >= 4 is 26.6 Å². The summed E-state index contributed by atoms with van der Waals surface area (Å²) in [5, 5.41) is 5.82. The largest absolute Gasteiger partial charge is 0.354 e. The van der Waals surface area contributed by atoms with Crippen molar-refractivity contribution in [2.75, 3.05) is 11.5 Å². The number of hydrogen-bond acceptors (Lipinski definition) is 5. The highest BCUT2D eigenvalue weighted by Crippen LogP contribution is 2.23. The number of unbranched alkanes of at least 4 members (excludes halogenated alkanes) is 1. The second-order valence-electron chi connectivity index (χ2n) is 4.33. The third-order valence-corrected chi connectivity index (χ3v) is 4.45.